The van der Waals surface area contributed by atoms with Crippen molar-refractivity contribution in [2.45, 2.75) is 6.92 Å². The predicted molar refractivity (Wildman–Crippen MR) is 86.9 cm³/mol. The lowest BCUT2D eigenvalue weighted by Gasteiger charge is -2.33. The third-order valence-electron chi connectivity index (χ3n) is 3.70. The molecule has 5 heteroatoms. The molecule has 0 radical (unpaired) electrons. The van der Waals surface area contributed by atoms with E-state index in [4.69, 9.17) is 0 Å². The Bertz CT molecular complexity index is 621. The molecule has 1 aliphatic heterocycles. The molecule has 0 bridgehead atoms. The highest BCUT2D eigenvalue weighted by atomic mass is 79.9. The van der Waals surface area contributed by atoms with Crippen LogP contribution in [0.5, 0.6) is 0 Å². The summed E-state index contributed by atoms with van der Waals surface area (Å²) in [6.45, 7) is 6.30. The molecule has 1 aromatic heterocycles. The molecule has 2 aromatic rings. The average Bonchev–Trinajstić information content (AvgIpc) is 2.42. The fourth-order valence-corrected chi connectivity index (χ4v) is 2.98. The van der Waals surface area contributed by atoms with E-state index >= 15 is 0 Å². The number of hydrazine groups is 1. The number of likely N-dealkylation sites (N-methyl/N-ethyl adjacent to an activating group) is 1. The summed E-state index contributed by atoms with van der Waals surface area (Å²) in [7, 11) is 2.17. The van der Waals surface area contributed by atoms with E-state index in [9.17, 15) is 0 Å². The predicted octanol–water partition coefficient (Wildman–Crippen LogP) is 2.88. The summed E-state index contributed by atoms with van der Waals surface area (Å²) >= 11 is 3.59. The Morgan fingerprint density at radius 2 is 1.95 bits per heavy atom. The van der Waals surface area contributed by atoms with Crippen molar-refractivity contribution in [2.24, 2.45) is 0 Å². The van der Waals surface area contributed by atoms with Crippen LogP contribution in [0.1, 0.15) is 5.69 Å². The van der Waals surface area contributed by atoms with E-state index in [0.717, 1.165) is 52.9 Å². The van der Waals surface area contributed by atoms with Gasteiger partial charge >= 0.3 is 0 Å². The lowest BCUT2D eigenvalue weighted by molar-refractivity contribution is 0.179. The van der Waals surface area contributed by atoms with Crippen molar-refractivity contribution in [3.05, 3.63) is 34.4 Å². The average molecular weight is 335 g/mol. The zero-order valence-electron chi connectivity index (χ0n) is 11.9. The molecule has 1 aliphatic rings. The van der Waals surface area contributed by atoms with E-state index in [1.807, 2.05) is 13.0 Å². The van der Waals surface area contributed by atoms with Gasteiger partial charge in [0.1, 0.15) is 0 Å². The summed E-state index contributed by atoms with van der Waals surface area (Å²) < 4.78 is 1.04. The highest BCUT2D eigenvalue weighted by molar-refractivity contribution is 9.10. The van der Waals surface area contributed by atoms with Crippen molar-refractivity contribution < 1.29 is 0 Å². The highest BCUT2D eigenvalue weighted by Crippen LogP contribution is 2.29. The van der Waals surface area contributed by atoms with Gasteiger partial charge < -0.3 is 10.3 Å². The van der Waals surface area contributed by atoms with Gasteiger partial charge in [-0.15, -0.1) is 0 Å². The Hall–Kier alpha value is -1.17. The first-order chi connectivity index (χ1) is 9.63. The molecular formula is C15H19BrN4. The molecule has 20 heavy (non-hydrogen) atoms. The third kappa shape index (κ3) is 2.80. The Kier molecular flexibility index (Phi) is 3.92. The van der Waals surface area contributed by atoms with Crippen LogP contribution in [0.4, 0.5) is 5.69 Å². The molecule has 0 aliphatic carbocycles. The smallest absolute Gasteiger partial charge is 0.0868 e. The number of rotatable bonds is 2. The Labute approximate surface area is 127 Å². The molecule has 0 amide bonds. The fraction of sp³-hybridized carbons (Fsp3) is 0.400. The van der Waals surface area contributed by atoms with Gasteiger partial charge in [0, 0.05) is 41.7 Å². The fourth-order valence-electron chi connectivity index (χ4n) is 2.52. The Balaban J connectivity index is 1.93. The number of piperazine rings is 1. The molecule has 1 fully saturated rings. The number of aryl methyl sites for hydroxylation is 1. The summed E-state index contributed by atoms with van der Waals surface area (Å²) in [6.07, 6.45) is 0. The molecule has 1 saturated heterocycles. The Morgan fingerprint density at radius 3 is 2.70 bits per heavy atom. The van der Waals surface area contributed by atoms with Crippen molar-refractivity contribution in [3.8, 4) is 0 Å². The van der Waals surface area contributed by atoms with Gasteiger partial charge in [0.2, 0.25) is 0 Å². The van der Waals surface area contributed by atoms with Crippen molar-refractivity contribution >= 4 is 32.5 Å². The molecule has 0 saturated carbocycles. The highest BCUT2D eigenvalue weighted by Gasteiger charge is 2.15. The number of fused-ring (bicyclic) bond motifs is 1. The standard InChI is InChI=1S/C15H19BrN4/c1-11-10-14(18-20-8-6-19(2)7-9-20)12-4-3-5-13(16)15(12)17-11/h3-5,10H,6-9H2,1-2H3,(H,17,18). The van der Waals surface area contributed by atoms with Crippen LogP contribution in [0.2, 0.25) is 0 Å². The van der Waals surface area contributed by atoms with Crippen LogP contribution in [0.3, 0.4) is 0 Å². The minimum Gasteiger partial charge on any atom is -0.318 e. The molecule has 2 heterocycles. The molecule has 3 rings (SSSR count). The zero-order chi connectivity index (χ0) is 14.1. The summed E-state index contributed by atoms with van der Waals surface area (Å²) in [5.41, 5.74) is 6.74. The number of halogens is 1. The Morgan fingerprint density at radius 1 is 1.20 bits per heavy atom. The number of nitrogens with one attached hydrogen (secondary N) is 1. The first-order valence-electron chi connectivity index (χ1n) is 6.89. The minimum atomic E-state index is 1.02. The maximum atomic E-state index is 4.63. The summed E-state index contributed by atoms with van der Waals surface area (Å²) in [6, 6.07) is 8.32. The van der Waals surface area contributed by atoms with Gasteiger partial charge in [-0.3, -0.25) is 4.98 Å². The molecule has 1 N–H and O–H groups in total. The third-order valence-corrected chi connectivity index (χ3v) is 4.34. The lowest BCUT2D eigenvalue weighted by atomic mass is 10.1. The topological polar surface area (TPSA) is 31.4 Å². The summed E-state index contributed by atoms with van der Waals surface area (Å²) in [5.74, 6) is 0. The van der Waals surface area contributed by atoms with Gasteiger partial charge in [-0.05, 0) is 42.0 Å². The number of anilines is 1. The van der Waals surface area contributed by atoms with Gasteiger partial charge in [0.15, 0.2) is 0 Å². The van der Waals surface area contributed by atoms with Gasteiger partial charge in [0.05, 0.1) is 11.2 Å². The number of para-hydroxylation sites is 1. The van der Waals surface area contributed by atoms with Crippen molar-refractivity contribution in [3.63, 3.8) is 0 Å². The minimum absolute atomic E-state index is 1.02. The monoisotopic (exact) mass is 334 g/mol. The van der Waals surface area contributed by atoms with Gasteiger partial charge in [-0.25, -0.2) is 5.01 Å². The second-order valence-corrected chi connectivity index (χ2v) is 6.20. The van der Waals surface area contributed by atoms with E-state index in [1.54, 1.807) is 0 Å². The number of benzene rings is 1. The molecule has 106 valence electrons. The normalized spacial score (nSPS) is 17.6. The van der Waals surface area contributed by atoms with Crippen LogP contribution in [-0.2, 0) is 0 Å². The molecule has 0 atom stereocenters. The SMILES string of the molecule is Cc1cc(NN2CCN(C)CC2)c2cccc(Br)c2n1. The lowest BCUT2D eigenvalue weighted by Crippen LogP contribution is -2.46. The van der Waals surface area contributed by atoms with Gasteiger partial charge in [0.25, 0.3) is 0 Å². The number of aromatic nitrogens is 1. The second-order valence-electron chi connectivity index (χ2n) is 5.35. The number of nitrogens with zero attached hydrogens (tertiary/aromatic N) is 3. The number of hydrogen-bond acceptors (Lipinski definition) is 4. The van der Waals surface area contributed by atoms with E-state index < -0.39 is 0 Å². The summed E-state index contributed by atoms with van der Waals surface area (Å²) in [4.78, 5) is 6.98. The van der Waals surface area contributed by atoms with E-state index in [1.165, 1.54) is 0 Å². The van der Waals surface area contributed by atoms with Crippen molar-refractivity contribution in [1.29, 1.82) is 0 Å². The largest absolute Gasteiger partial charge is 0.318 e. The van der Waals surface area contributed by atoms with Crippen molar-refractivity contribution in [2.75, 3.05) is 38.7 Å². The zero-order valence-corrected chi connectivity index (χ0v) is 13.4. The van der Waals surface area contributed by atoms with Crippen LogP contribution in [-0.4, -0.2) is 48.1 Å². The second kappa shape index (κ2) is 5.68. The van der Waals surface area contributed by atoms with Gasteiger partial charge in [-0.2, -0.15) is 0 Å². The molecule has 1 aromatic carbocycles. The molecule has 0 unspecified atom stereocenters. The first-order valence-corrected chi connectivity index (χ1v) is 7.69. The van der Waals surface area contributed by atoms with Crippen molar-refractivity contribution in [1.82, 2.24) is 14.9 Å². The maximum absolute atomic E-state index is 4.63. The number of pyridine rings is 1. The maximum Gasteiger partial charge on any atom is 0.0868 e. The van der Waals surface area contributed by atoms with E-state index in [0.29, 0.717) is 0 Å². The molecular weight excluding hydrogens is 316 g/mol. The number of hydrogen-bond donors (Lipinski definition) is 1. The first kappa shape index (κ1) is 13.8. The van der Waals surface area contributed by atoms with Crippen LogP contribution < -0.4 is 5.43 Å². The molecule has 0 spiro atoms. The van der Waals surface area contributed by atoms with E-state index in [-0.39, 0.29) is 0 Å². The van der Waals surface area contributed by atoms with E-state index in [2.05, 4.69) is 61.5 Å². The molecule has 4 nitrogen and oxygen atoms in total. The summed E-state index contributed by atoms with van der Waals surface area (Å²) in [5, 5.41) is 3.44. The van der Waals surface area contributed by atoms with Crippen LogP contribution >= 0.6 is 15.9 Å². The quantitative estimate of drug-likeness (QED) is 0.915. The van der Waals surface area contributed by atoms with Crippen LogP contribution in [0, 0.1) is 6.92 Å². The van der Waals surface area contributed by atoms with Crippen LogP contribution in [0.25, 0.3) is 10.9 Å². The van der Waals surface area contributed by atoms with Gasteiger partial charge in [-0.1, -0.05) is 12.1 Å². The van der Waals surface area contributed by atoms with Crippen LogP contribution in [0.15, 0.2) is 28.7 Å².